The summed E-state index contributed by atoms with van der Waals surface area (Å²) in [6.07, 6.45) is 2.85. The Labute approximate surface area is 141 Å². The number of amides is 1. The second-order valence-corrected chi connectivity index (χ2v) is 6.82. The van der Waals surface area contributed by atoms with Crippen LogP contribution in [0.15, 0.2) is 24.3 Å². The Balaban J connectivity index is 1.39. The molecule has 0 aliphatic carbocycles. The maximum absolute atomic E-state index is 12.7. The average molecular weight is 325 g/mol. The van der Waals surface area contributed by atoms with Crippen molar-refractivity contribution in [1.82, 2.24) is 20.1 Å². The number of para-hydroxylation sites is 1. The molecule has 1 aromatic heterocycles. The second-order valence-electron chi connectivity index (χ2n) is 6.82. The number of benzene rings is 1. The number of nitrogens with zero attached hydrogens (tertiary/aromatic N) is 4. The van der Waals surface area contributed by atoms with E-state index in [1.165, 1.54) is 5.56 Å². The molecule has 4 rings (SSSR count). The normalized spacial score (nSPS) is 22.3. The van der Waals surface area contributed by atoms with Crippen LogP contribution < -0.4 is 10.2 Å². The summed E-state index contributed by atoms with van der Waals surface area (Å²) in [5, 5.41) is 7.84. The Bertz CT molecular complexity index is 769. The minimum absolute atomic E-state index is 0.146. The zero-order chi connectivity index (χ0) is 16.7. The smallest absolute Gasteiger partial charge is 0.241 e. The summed E-state index contributed by atoms with van der Waals surface area (Å²) in [5.74, 6) is 2.02. The molecule has 0 radical (unpaired) electrons. The van der Waals surface area contributed by atoms with Crippen LogP contribution in [-0.2, 0) is 24.2 Å². The van der Waals surface area contributed by atoms with Crippen LogP contribution in [0.5, 0.6) is 0 Å². The number of carbonyl (C=O) groups excluding carboxylic acids is 1. The highest BCUT2D eigenvalue weighted by Gasteiger charge is 2.31. The van der Waals surface area contributed by atoms with E-state index in [9.17, 15) is 4.79 Å². The molecule has 0 bridgehead atoms. The van der Waals surface area contributed by atoms with Crippen LogP contribution in [0.2, 0.25) is 0 Å². The average Bonchev–Trinajstić information content (AvgIpc) is 3.09. The molecule has 1 N–H and O–H groups in total. The summed E-state index contributed by atoms with van der Waals surface area (Å²) in [7, 11) is 0. The summed E-state index contributed by atoms with van der Waals surface area (Å²) in [4.78, 5) is 19.1. The summed E-state index contributed by atoms with van der Waals surface area (Å²) in [6.45, 7) is 5.19. The first-order chi connectivity index (χ1) is 11.6. The lowest BCUT2D eigenvalue weighted by Gasteiger charge is -2.26. The molecule has 2 aliphatic rings. The van der Waals surface area contributed by atoms with Crippen LogP contribution in [-0.4, -0.2) is 39.3 Å². The van der Waals surface area contributed by atoms with Gasteiger partial charge in [0.1, 0.15) is 11.6 Å². The lowest BCUT2D eigenvalue weighted by atomic mass is 10.1. The SMILES string of the molecule is Cc1nc2n(n1)CC(NCC(=O)N1c3ccccc3CC1C)CC2. The standard InChI is InChI=1S/C18H23N5O/c1-12-9-14-5-3-4-6-16(14)23(12)18(24)10-19-15-7-8-17-20-13(2)21-22(17)11-15/h3-6,12,15,19H,7-11H2,1-2H3. The van der Waals surface area contributed by atoms with Crippen LogP contribution >= 0.6 is 0 Å². The van der Waals surface area contributed by atoms with Gasteiger partial charge in [-0.25, -0.2) is 9.67 Å². The summed E-state index contributed by atoms with van der Waals surface area (Å²) in [6, 6.07) is 8.70. The van der Waals surface area contributed by atoms with E-state index in [-0.39, 0.29) is 18.0 Å². The van der Waals surface area contributed by atoms with Crippen molar-refractivity contribution >= 4 is 11.6 Å². The minimum Gasteiger partial charge on any atom is -0.308 e. The van der Waals surface area contributed by atoms with Gasteiger partial charge in [-0.05, 0) is 38.3 Å². The number of anilines is 1. The molecule has 24 heavy (non-hydrogen) atoms. The van der Waals surface area contributed by atoms with Gasteiger partial charge in [0.15, 0.2) is 0 Å². The zero-order valence-electron chi connectivity index (χ0n) is 14.2. The van der Waals surface area contributed by atoms with Gasteiger partial charge in [0.2, 0.25) is 5.91 Å². The van der Waals surface area contributed by atoms with Crippen LogP contribution in [0.1, 0.15) is 30.6 Å². The highest BCUT2D eigenvalue weighted by atomic mass is 16.2. The molecule has 2 aromatic rings. The quantitative estimate of drug-likeness (QED) is 0.928. The highest BCUT2D eigenvalue weighted by Crippen LogP contribution is 2.31. The molecule has 6 nitrogen and oxygen atoms in total. The fourth-order valence-electron chi connectivity index (χ4n) is 3.86. The molecule has 1 amide bonds. The Kier molecular flexibility index (Phi) is 3.84. The van der Waals surface area contributed by atoms with Crippen molar-refractivity contribution in [3.05, 3.63) is 41.5 Å². The van der Waals surface area contributed by atoms with E-state index in [2.05, 4.69) is 28.4 Å². The van der Waals surface area contributed by atoms with Crippen molar-refractivity contribution in [3.63, 3.8) is 0 Å². The number of aromatic nitrogens is 3. The van der Waals surface area contributed by atoms with E-state index in [1.54, 1.807) is 0 Å². The third kappa shape index (κ3) is 2.71. The molecule has 2 atom stereocenters. The molecule has 0 spiro atoms. The van der Waals surface area contributed by atoms with Crippen LogP contribution in [0.4, 0.5) is 5.69 Å². The van der Waals surface area contributed by atoms with E-state index < -0.39 is 0 Å². The lowest BCUT2D eigenvalue weighted by Crippen LogP contribution is -2.46. The van der Waals surface area contributed by atoms with Gasteiger partial charge in [-0.15, -0.1) is 0 Å². The van der Waals surface area contributed by atoms with Crippen molar-refractivity contribution in [1.29, 1.82) is 0 Å². The van der Waals surface area contributed by atoms with E-state index >= 15 is 0 Å². The number of hydrogen-bond donors (Lipinski definition) is 1. The predicted molar refractivity (Wildman–Crippen MR) is 92.0 cm³/mol. The van der Waals surface area contributed by atoms with Gasteiger partial charge in [-0.1, -0.05) is 18.2 Å². The van der Waals surface area contributed by atoms with Gasteiger partial charge >= 0.3 is 0 Å². The zero-order valence-corrected chi connectivity index (χ0v) is 14.2. The topological polar surface area (TPSA) is 63.1 Å². The van der Waals surface area contributed by atoms with E-state index in [0.717, 1.165) is 43.1 Å². The number of carbonyl (C=O) groups is 1. The molecule has 0 saturated heterocycles. The van der Waals surface area contributed by atoms with Crippen LogP contribution in [0.25, 0.3) is 0 Å². The third-order valence-electron chi connectivity index (χ3n) is 4.98. The van der Waals surface area contributed by atoms with E-state index in [0.29, 0.717) is 6.54 Å². The van der Waals surface area contributed by atoms with Crippen LogP contribution in [0, 0.1) is 6.92 Å². The molecular weight excluding hydrogens is 302 g/mol. The number of rotatable bonds is 3. The first-order valence-corrected chi connectivity index (χ1v) is 8.65. The van der Waals surface area contributed by atoms with Crippen molar-refractivity contribution in [2.75, 3.05) is 11.4 Å². The van der Waals surface area contributed by atoms with Gasteiger partial charge in [0.25, 0.3) is 0 Å². The molecule has 0 saturated carbocycles. The largest absolute Gasteiger partial charge is 0.308 e. The molecule has 2 aliphatic heterocycles. The molecule has 1 aromatic carbocycles. The lowest BCUT2D eigenvalue weighted by molar-refractivity contribution is -0.118. The van der Waals surface area contributed by atoms with E-state index in [4.69, 9.17) is 0 Å². The maximum atomic E-state index is 12.7. The Morgan fingerprint density at radius 2 is 2.21 bits per heavy atom. The van der Waals surface area contributed by atoms with Gasteiger partial charge in [0, 0.05) is 24.2 Å². The fraction of sp³-hybridized carbons (Fsp3) is 0.500. The van der Waals surface area contributed by atoms with Gasteiger partial charge < -0.3 is 10.2 Å². The molecule has 0 fully saturated rings. The molecular formula is C18H23N5O. The molecule has 2 unspecified atom stereocenters. The Morgan fingerprint density at radius 3 is 3.08 bits per heavy atom. The number of hydrogen-bond acceptors (Lipinski definition) is 4. The highest BCUT2D eigenvalue weighted by molar-refractivity contribution is 5.97. The first kappa shape index (κ1) is 15.3. The number of nitrogens with one attached hydrogen (secondary N) is 1. The predicted octanol–water partition coefficient (Wildman–Crippen LogP) is 1.47. The third-order valence-corrected chi connectivity index (χ3v) is 4.98. The van der Waals surface area contributed by atoms with E-state index in [1.807, 2.05) is 34.7 Å². The Hall–Kier alpha value is -2.21. The van der Waals surface area contributed by atoms with Crippen molar-refractivity contribution in [2.45, 2.75) is 51.7 Å². The second kappa shape index (κ2) is 6.02. The molecule has 6 heteroatoms. The fourth-order valence-corrected chi connectivity index (χ4v) is 3.86. The maximum Gasteiger partial charge on any atom is 0.241 e. The minimum atomic E-state index is 0.146. The van der Waals surface area contributed by atoms with Gasteiger partial charge in [0.05, 0.1) is 13.1 Å². The van der Waals surface area contributed by atoms with Crippen molar-refractivity contribution in [3.8, 4) is 0 Å². The summed E-state index contributed by atoms with van der Waals surface area (Å²) in [5.41, 5.74) is 2.33. The monoisotopic (exact) mass is 325 g/mol. The molecule has 126 valence electrons. The Morgan fingerprint density at radius 1 is 1.38 bits per heavy atom. The van der Waals surface area contributed by atoms with Crippen molar-refractivity contribution < 1.29 is 4.79 Å². The van der Waals surface area contributed by atoms with Gasteiger partial charge in [-0.3, -0.25) is 4.79 Å². The van der Waals surface area contributed by atoms with Crippen LogP contribution in [0.3, 0.4) is 0 Å². The molecule has 3 heterocycles. The summed E-state index contributed by atoms with van der Waals surface area (Å²) >= 11 is 0. The summed E-state index contributed by atoms with van der Waals surface area (Å²) < 4.78 is 1.97. The number of fused-ring (bicyclic) bond motifs is 2. The number of aryl methyl sites for hydroxylation is 2. The first-order valence-electron chi connectivity index (χ1n) is 8.65. The van der Waals surface area contributed by atoms with Crippen molar-refractivity contribution in [2.24, 2.45) is 0 Å². The van der Waals surface area contributed by atoms with Gasteiger partial charge in [-0.2, -0.15) is 5.10 Å².